The average molecular weight is 435 g/mol. The molecule has 1 aromatic carbocycles. The van der Waals surface area contributed by atoms with Gasteiger partial charge in [-0.2, -0.15) is 13.2 Å². The van der Waals surface area contributed by atoms with Gasteiger partial charge in [0.15, 0.2) is 0 Å². The molecule has 0 unspecified atom stereocenters. The molecular formula is C18H22BrF3N2O2. The highest BCUT2D eigenvalue weighted by Gasteiger charge is 2.43. The molecule has 0 aliphatic carbocycles. The van der Waals surface area contributed by atoms with Gasteiger partial charge in [0.25, 0.3) is 0 Å². The second kappa shape index (κ2) is 6.62. The molecule has 1 amide bonds. The number of benzene rings is 1. The molecule has 26 heavy (non-hydrogen) atoms. The van der Waals surface area contributed by atoms with Crippen LogP contribution in [0.15, 0.2) is 22.7 Å². The number of hydrogen-bond donors (Lipinski definition) is 0. The highest BCUT2D eigenvalue weighted by molar-refractivity contribution is 9.10. The normalized spacial score (nSPS) is 23.3. The quantitative estimate of drug-likeness (QED) is 0.637. The Morgan fingerprint density at radius 2 is 1.69 bits per heavy atom. The Hall–Kier alpha value is -1.44. The summed E-state index contributed by atoms with van der Waals surface area (Å²) in [6.45, 7) is 8.19. The van der Waals surface area contributed by atoms with E-state index < -0.39 is 17.3 Å². The molecule has 0 bridgehead atoms. The van der Waals surface area contributed by atoms with Crippen LogP contribution in [0.4, 0.5) is 23.7 Å². The Bertz CT molecular complexity index is 689. The molecule has 2 heterocycles. The highest BCUT2D eigenvalue weighted by Crippen LogP contribution is 2.39. The lowest BCUT2D eigenvalue weighted by molar-refractivity contribution is -0.137. The van der Waals surface area contributed by atoms with Crippen molar-refractivity contribution in [1.29, 1.82) is 0 Å². The summed E-state index contributed by atoms with van der Waals surface area (Å²) < 4.78 is 44.3. The Morgan fingerprint density at radius 1 is 1.12 bits per heavy atom. The van der Waals surface area contributed by atoms with E-state index in [4.69, 9.17) is 4.74 Å². The van der Waals surface area contributed by atoms with E-state index in [0.717, 1.165) is 17.8 Å². The van der Waals surface area contributed by atoms with Crippen molar-refractivity contribution in [3.05, 3.63) is 28.2 Å². The number of amides is 1. The summed E-state index contributed by atoms with van der Waals surface area (Å²) in [7, 11) is 0. The van der Waals surface area contributed by atoms with Gasteiger partial charge in [-0.15, -0.1) is 0 Å². The lowest BCUT2D eigenvalue weighted by Gasteiger charge is -2.27. The van der Waals surface area contributed by atoms with Gasteiger partial charge in [-0.1, -0.05) is 0 Å². The third-order valence-corrected chi connectivity index (χ3v) is 5.39. The van der Waals surface area contributed by atoms with Crippen LogP contribution in [-0.4, -0.2) is 42.8 Å². The summed E-state index contributed by atoms with van der Waals surface area (Å²) in [5.74, 6) is 0.605. The Labute approximate surface area is 159 Å². The average Bonchev–Trinajstić information content (AvgIpc) is 3.02. The molecule has 2 atom stereocenters. The zero-order valence-electron chi connectivity index (χ0n) is 14.9. The van der Waals surface area contributed by atoms with Crippen LogP contribution >= 0.6 is 15.9 Å². The van der Waals surface area contributed by atoms with Gasteiger partial charge in [-0.05, 0) is 54.9 Å². The smallest absolute Gasteiger partial charge is 0.416 e. The van der Waals surface area contributed by atoms with E-state index in [1.807, 2.05) is 20.8 Å². The maximum absolute atomic E-state index is 12.8. The number of likely N-dealkylation sites (tertiary alicyclic amines) is 1. The van der Waals surface area contributed by atoms with Gasteiger partial charge >= 0.3 is 12.3 Å². The fourth-order valence-corrected chi connectivity index (χ4v) is 4.23. The molecule has 8 heteroatoms. The second-order valence-electron chi connectivity index (χ2n) is 7.97. The van der Waals surface area contributed by atoms with Crippen LogP contribution in [-0.2, 0) is 10.9 Å². The van der Waals surface area contributed by atoms with Gasteiger partial charge in [-0.3, -0.25) is 0 Å². The molecule has 2 aliphatic rings. The van der Waals surface area contributed by atoms with E-state index in [0.29, 0.717) is 42.5 Å². The van der Waals surface area contributed by atoms with Crippen molar-refractivity contribution in [3.63, 3.8) is 0 Å². The van der Waals surface area contributed by atoms with Crippen molar-refractivity contribution >= 4 is 27.7 Å². The maximum atomic E-state index is 12.8. The molecule has 1 aromatic rings. The first-order valence-corrected chi connectivity index (χ1v) is 9.33. The van der Waals surface area contributed by atoms with E-state index in [1.165, 1.54) is 6.07 Å². The van der Waals surface area contributed by atoms with Crippen molar-refractivity contribution in [3.8, 4) is 0 Å². The summed E-state index contributed by atoms with van der Waals surface area (Å²) in [5.41, 5.74) is -0.425. The number of carbonyl (C=O) groups is 1. The molecule has 0 aromatic heterocycles. The maximum Gasteiger partial charge on any atom is 0.416 e. The van der Waals surface area contributed by atoms with Crippen LogP contribution in [0.5, 0.6) is 0 Å². The standard InChI is InChI=1S/C18H22BrF3N2O2/c1-17(2,3)26-16(25)24-9-11-7-23(8-12(11)10-24)15-5-4-13(6-14(15)19)18(20,21)22/h4-6,11-12H,7-10H2,1-3H3/t11-,12+. The van der Waals surface area contributed by atoms with Crippen molar-refractivity contribution in [2.24, 2.45) is 11.8 Å². The third kappa shape index (κ3) is 4.10. The lowest BCUT2D eigenvalue weighted by Crippen LogP contribution is -2.37. The minimum absolute atomic E-state index is 0.297. The zero-order valence-corrected chi connectivity index (χ0v) is 16.5. The van der Waals surface area contributed by atoms with Gasteiger partial charge in [0, 0.05) is 42.5 Å². The fourth-order valence-electron chi connectivity index (χ4n) is 3.61. The summed E-state index contributed by atoms with van der Waals surface area (Å²) in [4.78, 5) is 16.0. The minimum Gasteiger partial charge on any atom is -0.444 e. The number of alkyl halides is 3. The molecule has 0 saturated carbocycles. The summed E-state index contributed by atoms with van der Waals surface area (Å²) in [6, 6.07) is 3.75. The number of anilines is 1. The van der Waals surface area contributed by atoms with Gasteiger partial charge < -0.3 is 14.5 Å². The Kier molecular flexibility index (Phi) is 4.92. The Balaban J connectivity index is 1.64. The number of halogens is 4. The van der Waals surface area contributed by atoms with Crippen molar-refractivity contribution in [2.75, 3.05) is 31.1 Å². The van der Waals surface area contributed by atoms with Gasteiger partial charge in [0.1, 0.15) is 5.60 Å². The number of nitrogens with zero attached hydrogens (tertiary/aromatic N) is 2. The third-order valence-electron chi connectivity index (χ3n) is 4.75. The summed E-state index contributed by atoms with van der Waals surface area (Å²) in [5, 5.41) is 0. The van der Waals surface area contributed by atoms with Gasteiger partial charge in [-0.25, -0.2) is 4.79 Å². The van der Waals surface area contributed by atoms with Crippen LogP contribution in [0, 0.1) is 11.8 Å². The molecule has 0 radical (unpaired) electrons. The topological polar surface area (TPSA) is 32.8 Å². The summed E-state index contributed by atoms with van der Waals surface area (Å²) in [6.07, 6.45) is -4.65. The van der Waals surface area contributed by atoms with Crippen LogP contribution in [0.3, 0.4) is 0 Å². The van der Waals surface area contributed by atoms with E-state index in [2.05, 4.69) is 20.8 Å². The molecule has 2 aliphatic heterocycles. The predicted molar refractivity (Wildman–Crippen MR) is 96.1 cm³/mol. The van der Waals surface area contributed by atoms with Crippen LogP contribution in [0.2, 0.25) is 0 Å². The highest BCUT2D eigenvalue weighted by atomic mass is 79.9. The van der Waals surface area contributed by atoms with Crippen molar-refractivity contribution < 1.29 is 22.7 Å². The second-order valence-corrected chi connectivity index (χ2v) is 8.83. The molecule has 144 valence electrons. The zero-order chi connectivity index (χ0) is 19.3. The Morgan fingerprint density at radius 3 is 2.15 bits per heavy atom. The number of rotatable bonds is 1. The molecule has 0 N–H and O–H groups in total. The van der Waals surface area contributed by atoms with Gasteiger partial charge in [0.05, 0.1) is 11.3 Å². The molecule has 0 spiro atoms. The minimum atomic E-state index is -4.35. The molecule has 4 nitrogen and oxygen atoms in total. The number of ether oxygens (including phenoxy) is 1. The molecule has 2 fully saturated rings. The predicted octanol–water partition coefficient (Wildman–Crippen LogP) is 4.77. The molecule has 3 rings (SSSR count). The van der Waals surface area contributed by atoms with Crippen molar-refractivity contribution in [1.82, 2.24) is 4.90 Å². The fraction of sp³-hybridized carbons (Fsp3) is 0.611. The van der Waals surface area contributed by atoms with E-state index in [1.54, 1.807) is 4.90 Å². The number of carbonyl (C=O) groups excluding carboxylic acids is 1. The SMILES string of the molecule is CC(C)(C)OC(=O)N1C[C@@H]2CN(c3ccc(C(F)(F)F)cc3Br)C[C@@H]2C1. The van der Waals surface area contributed by atoms with E-state index >= 15 is 0 Å². The lowest BCUT2D eigenvalue weighted by atomic mass is 10.0. The first-order chi connectivity index (χ1) is 11.9. The van der Waals surface area contributed by atoms with Crippen molar-refractivity contribution in [2.45, 2.75) is 32.5 Å². The number of hydrogen-bond acceptors (Lipinski definition) is 3. The van der Waals surface area contributed by atoms with Crippen LogP contribution in [0.1, 0.15) is 26.3 Å². The summed E-state index contributed by atoms with van der Waals surface area (Å²) >= 11 is 3.27. The number of fused-ring (bicyclic) bond motifs is 1. The monoisotopic (exact) mass is 434 g/mol. The van der Waals surface area contributed by atoms with Gasteiger partial charge in [0.2, 0.25) is 0 Å². The van der Waals surface area contributed by atoms with E-state index in [-0.39, 0.29) is 6.09 Å². The molecular weight excluding hydrogens is 413 g/mol. The van der Waals surface area contributed by atoms with Crippen LogP contribution in [0.25, 0.3) is 0 Å². The van der Waals surface area contributed by atoms with Crippen LogP contribution < -0.4 is 4.90 Å². The molecule has 2 saturated heterocycles. The first-order valence-electron chi connectivity index (χ1n) is 8.53. The largest absolute Gasteiger partial charge is 0.444 e. The van der Waals surface area contributed by atoms with E-state index in [9.17, 15) is 18.0 Å². The first kappa shape index (κ1) is 19.3.